The van der Waals surface area contributed by atoms with Crippen molar-refractivity contribution >= 4 is 32.7 Å². The number of aryl methyl sites for hydroxylation is 1. The first-order valence-electron chi connectivity index (χ1n) is 8.73. The van der Waals surface area contributed by atoms with Crippen LogP contribution < -0.4 is 11.2 Å². The second-order valence-corrected chi connectivity index (χ2v) is 7.19. The zero-order valence-corrected chi connectivity index (χ0v) is 15.5. The quantitative estimate of drug-likeness (QED) is 0.586. The van der Waals surface area contributed by atoms with Gasteiger partial charge < -0.3 is 4.98 Å². The first-order chi connectivity index (χ1) is 12.6. The van der Waals surface area contributed by atoms with Crippen LogP contribution in [0.15, 0.2) is 33.9 Å². The van der Waals surface area contributed by atoms with Crippen LogP contribution in [-0.4, -0.2) is 24.1 Å². The Morgan fingerprint density at radius 3 is 2.50 bits per heavy atom. The van der Waals surface area contributed by atoms with Gasteiger partial charge in [-0.05, 0) is 25.0 Å². The fourth-order valence-electron chi connectivity index (χ4n) is 3.09. The van der Waals surface area contributed by atoms with E-state index in [0.29, 0.717) is 41.5 Å². The molecule has 0 aliphatic heterocycles. The molecule has 0 saturated heterocycles. The molecule has 1 aromatic carbocycles. The number of aromatic nitrogens is 5. The number of nitrogens with zero attached hydrogens (tertiary/aromatic N) is 4. The number of benzene rings is 1. The third-order valence-corrected chi connectivity index (χ3v) is 5.30. The number of thiazole rings is 1. The van der Waals surface area contributed by atoms with Gasteiger partial charge in [0.15, 0.2) is 16.5 Å². The van der Waals surface area contributed by atoms with Crippen molar-refractivity contribution in [1.82, 2.24) is 24.1 Å². The van der Waals surface area contributed by atoms with Crippen molar-refractivity contribution in [3.8, 4) is 10.8 Å². The Morgan fingerprint density at radius 1 is 1.04 bits per heavy atom. The predicted octanol–water partition coefficient (Wildman–Crippen LogP) is 2.98. The number of rotatable bonds is 5. The minimum Gasteiger partial charge on any atom is -0.330 e. The maximum atomic E-state index is 12.8. The molecule has 8 heteroatoms. The van der Waals surface area contributed by atoms with Crippen LogP contribution in [0.4, 0.5) is 0 Å². The van der Waals surface area contributed by atoms with Crippen molar-refractivity contribution < 1.29 is 0 Å². The fraction of sp³-hybridized carbons (Fsp3) is 0.333. The molecule has 4 rings (SSSR count). The summed E-state index contributed by atoms with van der Waals surface area (Å²) in [6, 6.07) is 7.84. The molecular weight excluding hydrogens is 350 g/mol. The van der Waals surface area contributed by atoms with Gasteiger partial charge in [0.1, 0.15) is 5.52 Å². The zero-order chi connectivity index (χ0) is 18.3. The summed E-state index contributed by atoms with van der Waals surface area (Å²) >= 11 is 1.51. The smallest absolute Gasteiger partial charge is 0.330 e. The number of fused-ring (bicyclic) bond motifs is 2. The maximum Gasteiger partial charge on any atom is 0.332 e. The van der Waals surface area contributed by atoms with Crippen LogP contribution in [0.25, 0.3) is 32.2 Å². The summed E-state index contributed by atoms with van der Waals surface area (Å²) in [5.41, 5.74) is 1.04. The first kappa shape index (κ1) is 16.7. The molecule has 7 nitrogen and oxygen atoms in total. The molecule has 3 aromatic heterocycles. The van der Waals surface area contributed by atoms with E-state index in [4.69, 9.17) is 0 Å². The second-order valence-electron chi connectivity index (χ2n) is 6.16. The molecule has 0 spiro atoms. The molecular formula is C18H19N5O2S. The molecule has 4 aromatic rings. The molecule has 26 heavy (non-hydrogen) atoms. The molecule has 134 valence electrons. The highest BCUT2D eigenvalue weighted by Gasteiger charge is 2.18. The SMILES string of the molecule is CCCn1c(=O)c2[nH]c(-c3nc4ccccc4s3)nc2n(CCC)c1=O. The monoisotopic (exact) mass is 369 g/mol. The van der Waals surface area contributed by atoms with Crippen LogP contribution in [0.3, 0.4) is 0 Å². The molecule has 0 atom stereocenters. The van der Waals surface area contributed by atoms with E-state index < -0.39 is 0 Å². The maximum absolute atomic E-state index is 12.8. The first-order valence-corrected chi connectivity index (χ1v) is 9.55. The lowest BCUT2D eigenvalue weighted by Crippen LogP contribution is -2.40. The standard InChI is InChI=1S/C18H19N5O2S/c1-3-9-22-15-13(17(24)23(10-4-2)18(22)25)20-14(21-15)16-19-11-7-5-6-8-12(11)26-16/h5-8H,3-4,9-10H2,1-2H3,(H,20,21). The lowest BCUT2D eigenvalue weighted by Gasteiger charge is -2.09. The van der Waals surface area contributed by atoms with E-state index in [0.717, 1.165) is 16.6 Å². The summed E-state index contributed by atoms with van der Waals surface area (Å²) in [7, 11) is 0. The van der Waals surface area contributed by atoms with Gasteiger partial charge in [0, 0.05) is 13.1 Å². The Labute approximate surface area is 153 Å². The largest absolute Gasteiger partial charge is 0.332 e. The molecule has 0 radical (unpaired) electrons. The highest BCUT2D eigenvalue weighted by atomic mass is 32.1. The molecule has 0 aliphatic rings. The van der Waals surface area contributed by atoms with E-state index >= 15 is 0 Å². The topological polar surface area (TPSA) is 85.6 Å². The summed E-state index contributed by atoms with van der Waals surface area (Å²) < 4.78 is 3.93. The normalized spacial score (nSPS) is 11.6. The van der Waals surface area contributed by atoms with Crippen LogP contribution in [0.2, 0.25) is 0 Å². The minimum atomic E-state index is -0.320. The summed E-state index contributed by atoms with van der Waals surface area (Å²) in [4.78, 5) is 37.8. The van der Waals surface area contributed by atoms with Gasteiger partial charge in [-0.25, -0.2) is 14.8 Å². The van der Waals surface area contributed by atoms with Crippen molar-refractivity contribution in [3.05, 3.63) is 45.1 Å². The summed E-state index contributed by atoms with van der Waals surface area (Å²) in [6.45, 7) is 4.85. The average molecular weight is 369 g/mol. The summed E-state index contributed by atoms with van der Waals surface area (Å²) in [6.07, 6.45) is 1.49. The van der Waals surface area contributed by atoms with Crippen LogP contribution >= 0.6 is 11.3 Å². The van der Waals surface area contributed by atoms with Crippen molar-refractivity contribution in [2.24, 2.45) is 0 Å². The van der Waals surface area contributed by atoms with Gasteiger partial charge in [0.25, 0.3) is 5.56 Å². The Kier molecular flexibility index (Phi) is 4.20. The highest BCUT2D eigenvalue weighted by molar-refractivity contribution is 7.21. The molecule has 0 fully saturated rings. The Balaban J connectivity index is 1.98. The predicted molar refractivity (Wildman–Crippen MR) is 104 cm³/mol. The molecule has 0 bridgehead atoms. The van der Waals surface area contributed by atoms with E-state index in [-0.39, 0.29) is 11.2 Å². The van der Waals surface area contributed by atoms with Gasteiger partial charge in [0.2, 0.25) is 0 Å². The zero-order valence-electron chi connectivity index (χ0n) is 14.7. The third kappa shape index (κ3) is 2.57. The lowest BCUT2D eigenvalue weighted by atomic mass is 10.3. The van der Waals surface area contributed by atoms with Gasteiger partial charge in [-0.15, -0.1) is 11.3 Å². The molecule has 1 N–H and O–H groups in total. The molecule has 0 unspecified atom stereocenters. The fourth-order valence-corrected chi connectivity index (χ4v) is 4.00. The van der Waals surface area contributed by atoms with E-state index in [2.05, 4.69) is 15.0 Å². The van der Waals surface area contributed by atoms with Gasteiger partial charge >= 0.3 is 5.69 Å². The minimum absolute atomic E-state index is 0.298. The van der Waals surface area contributed by atoms with E-state index in [1.807, 2.05) is 38.1 Å². The Bertz CT molecular complexity index is 1180. The molecule has 0 saturated carbocycles. The van der Waals surface area contributed by atoms with Crippen molar-refractivity contribution in [3.63, 3.8) is 0 Å². The van der Waals surface area contributed by atoms with Crippen LogP contribution in [0.5, 0.6) is 0 Å². The summed E-state index contributed by atoms with van der Waals surface area (Å²) in [5.74, 6) is 0.525. The van der Waals surface area contributed by atoms with Gasteiger partial charge in [-0.2, -0.15) is 0 Å². The van der Waals surface area contributed by atoms with Gasteiger partial charge in [0.05, 0.1) is 10.2 Å². The number of imidazole rings is 1. The molecule has 0 amide bonds. The average Bonchev–Trinajstić information content (AvgIpc) is 3.26. The Morgan fingerprint density at radius 2 is 1.77 bits per heavy atom. The molecule has 3 heterocycles. The van der Waals surface area contributed by atoms with E-state index in [9.17, 15) is 9.59 Å². The number of para-hydroxylation sites is 1. The molecule has 0 aliphatic carbocycles. The van der Waals surface area contributed by atoms with E-state index in [1.165, 1.54) is 15.9 Å². The van der Waals surface area contributed by atoms with Gasteiger partial charge in [-0.3, -0.25) is 13.9 Å². The second kappa shape index (κ2) is 6.53. The highest BCUT2D eigenvalue weighted by Crippen LogP contribution is 2.28. The van der Waals surface area contributed by atoms with Crippen molar-refractivity contribution in [2.45, 2.75) is 39.8 Å². The van der Waals surface area contributed by atoms with Crippen LogP contribution in [0.1, 0.15) is 26.7 Å². The van der Waals surface area contributed by atoms with Gasteiger partial charge in [-0.1, -0.05) is 26.0 Å². The van der Waals surface area contributed by atoms with Crippen molar-refractivity contribution in [2.75, 3.05) is 0 Å². The number of hydrogen-bond acceptors (Lipinski definition) is 5. The number of H-pyrrole nitrogens is 1. The lowest BCUT2D eigenvalue weighted by molar-refractivity contribution is 0.555. The van der Waals surface area contributed by atoms with E-state index in [1.54, 1.807) is 4.57 Å². The van der Waals surface area contributed by atoms with Crippen LogP contribution in [-0.2, 0) is 13.1 Å². The van der Waals surface area contributed by atoms with Crippen LogP contribution in [0, 0.1) is 0 Å². The third-order valence-electron chi connectivity index (χ3n) is 4.25. The Hall–Kier alpha value is -2.74. The summed E-state index contributed by atoms with van der Waals surface area (Å²) in [5, 5.41) is 0.708. The number of hydrogen-bond donors (Lipinski definition) is 1. The number of aromatic amines is 1. The van der Waals surface area contributed by atoms with Crippen molar-refractivity contribution in [1.29, 1.82) is 0 Å². The number of nitrogens with one attached hydrogen (secondary N) is 1.